The summed E-state index contributed by atoms with van der Waals surface area (Å²) in [6, 6.07) is 10.8. The largest absolute Gasteiger partial charge is 0.325 e. The van der Waals surface area contributed by atoms with Crippen LogP contribution in [0.3, 0.4) is 0 Å². The van der Waals surface area contributed by atoms with Crippen molar-refractivity contribution < 1.29 is 14.4 Å². The number of hydrogen-bond donors (Lipinski definition) is 1. The molecule has 0 saturated carbocycles. The van der Waals surface area contributed by atoms with Crippen molar-refractivity contribution in [2.75, 3.05) is 6.54 Å². The Hall–Kier alpha value is -2.47. The summed E-state index contributed by atoms with van der Waals surface area (Å²) in [7, 11) is 0. The zero-order valence-corrected chi connectivity index (χ0v) is 16.0. The third kappa shape index (κ3) is 3.29. The van der Waals surface area contributed by atoms with E-state index in [9.17, 15) is 14.4 Å². The van der Waals surface area contributed by atoms with Crippen LogP contribution in [-0.2, 0) is 16.8 Å². The predicted molar refractivity (Wildman–Crippen MR) is 101 cm³/mol. The van der Waals surface area contributed by atoms with Crippen LogP contribution in [0.4, 0.5) is 4.79 Å². The number of aryl methyl sites for hydroxylation is 2. The van der Waals surface area contributed by atoms with Crippen LogP contribution in [0.5, 0.6) is 0 Å². The number of Topliss-reactive ketones (excluding diaryl/α,β-unsaturated/α-hetero) is 1. The smallest absolute Gasteiger partial charge is 0.319 e. The topological polar surface area (TPSA) is 66.5 Å². The van der Waals surface area contributed by atoms with Gasteiger partial charge in [0.2, 0.25) is 0 Å². The van der Waals surface area contributed by atoms with Crippen LogP contribution in [-0.4, -0.2) is 29.2 Å². The normalized spacial score (nSPS) is 19.7. The van der Waals surface area contributed by atoms with Crippen molar-refractivity contribution in [2.24, 2.45) is 0 Å². The standard InChI is InChI=1S/C20H22N2O3S/c1-4-5-14-7-9-15(10-8-14)20(3)18(24)22(19(25)21-20)12-16(23)17-11-6-13(2)26-17/h6-11H,4-5,12H2,1-3H3,(H,21,25). The first kappa shape index (κ1) is 18.3. The maximum absolute atomic E-state index is 12.9. The molecule has 1 aliphatic rings. The van der Waals surface area contributed by atoms with Gasteiger partial charge in [0.05, 0.1) is 11.4 Å². The van der Waals surface area contributed by atoms with Gasteiger partial charge in [0.15, 0.2) is 5.78 Å². The first-order valence-corrected chi connectivity index (χ1v) is 9.50. The lowest BCUT2D eigenvalue weighted by Gasteiger charge is -2.22. The molecule has 3 amide bonds. The highest BCUT2D eigenvalue weighted by molar-refractivity contribution is 7.14. The molecule has 0 radical (unpaired) electrons. The number of nitrogens with zero attached hydrogens (tertiary/aromatic N) is 1. The highest BCUT2D eigenvalue weighted by atomic mass is 32.1. The summed E-state index contributed by atoms with van der Waals surface area (Å²) in [6.45, 7) is 5.46. The minimum absolute atomic E-state index is 0.228. The zero-order valence-electron chi connectivity index (χ0n) is 15.2. The van der Waals surface area contributed by atoms with Crippen molar-refractivity contribution in [2.45, 2.75) is 39.2 Å². The second kappa shape index (κ2) is 7.03. The molecule has 1 aromatic heterocycles. The molecule has 1 aliphatic heterocycles. The number of amides is 3. The SMILES string of the molecule is CCCc1ccc(C2(C)NC(=O)N(CC(=O)c3ccc(C)s3)C2=O)cc1. The summed E-state index contributed by atoms with van der Waals surface area (Å²) in [6.07, 6.45) is 2.02. The molecule has 5 nitrogen and oxygen atoms in total. The van der Waals surface area contributed by atoms with Crippen molar-refractivity contribution in [1.29, 1.82) is 0 Å². The molecule has 0 aliphatic carbocycles. The van der Waals surface area contributed by atoms with Crippen LogP contribution in [0, 0.1) is 6.92 Å². The van der Waals surface area contributed by atoms with Crippen molar-refractivity contribution in [1.82, 2.24) is 10.2 Å². The maximum atomic E-state index is 12.9. The first-order valence-electron chi connectivity index (χ1n) is 8.68. The molecule has 1 aromatic carbocycles. The van der Waals surface area contributed by atoms with E-state index in [0.29, 0.717) is 4.88 Å². The van der Waals surface area contributed by atoms with Crippen molar-refractivity contribution in [3.05, 3.63) is 57.3 Å². The Bertz CT molecular complexity index is 856. The Morgan fingerprint density at radius 1 is 1.15 bits per heavy atom. The van der Waals surface area contributed by atoms with Gasteiger partial charge in [-0.2, -0.15) is 0 Å². The number of nitrogens with one attached hydrogen (secondary N) is 1. The average Bonchev–Trinajstić information content (AvgIpc) is 3.13. The van der Waals surface area contributed by atoms with Crippen LogP contribution < -0.4 is 5.32 Å². The fraction of sp³-hybridized carbons (Fsp3) is 0.350. The van der Waals surface area contributed by atoms with E-state index in [1.165, 1.54) is 16.9 Å². The van der Waals surface area contributed by atoms with E-state index in [0.717, 1.165) is 28.2 Å². The Morgan fingerprint density at radius 3 is 2.42 bits per heavy atom. The molecular formula is C20H22N2O3S. The van der Waals surface area contributed by atoms with Crippen molar-refractivity contribution in [3.8, 4) is 0 Å². The number of benzene rings is 1. The quantitative estimate of drug-likeness (QED) is 0.623. The number of thiophene rings is 1. The number of imide groups is 1. The van der Waals surface area contributed by atoms with E-state index in [1.54, 1.807) is 13.0 Å². The molecule has 6 heteroatoms. The molecule has 1 saturated heterocycles. The van der Waals surface area contributed by atoms with Crippen LogP contribution in [0.25, 0.3) is 0 Å². The highest BCUT2D eigenvalue weighted by Gasteiger charge is 2.49. The molecule has 0 bridgehead atoms. The van der Waals surface area contributed by atoms with Gasteiger partial charge in [0.25, 0.3) is 5.91 Å². The van der Waals surface area contributed by atoms with Gasteiger partial charge in [-0.25, -0.2) is 4.79 Å². The second-order valence-electron chi connectivity index (χ2n) is 6.73. The van der Waals surface area contributed by atoms with E-state index < -0.39 is 17.5 Å². The first-order chi connectivity index (χ1) is 12.3. The fourth-order valence-corrected chi connectivity index (χ4v) is 3.93. The lowest BCUT2D eigenvalue weighted by Crippen LogP contribution is -2.41. The number of rotatable bonds is 6. The molecule has 26 heavy (non-hydrogen) atoms. The van der Waals surface area contributed by atoms with E-state index in [-0.39, 0.29) is 12.3 Å². The van der Waals surface area contributed by atoms with Crippen LogP contribution >= 0.6 is 11.3 Å². The number of urea groups is 1. The van der Waals surface area contributed by atoms with Gasteiger partial charge in [-0.05, 0) is 43.5 Å². The third-order valence-electron chi connectivity index (χ3n) is 4.66. The van der Waals surface area contributed by atoms with Gasteiger partial charge in [0, 0.05) is 4.88 Å². The molecular weight excluding hydrogens is 348 g/mol. The summed E-state index contributed by atoms with van der Waals surface area (Å²) < 4.78 is 0. The van der Waals surface area contributed by atoms with Gasteiger partial charge < -0.3 is 5.32 Å². The van der Waals surface area contributed by atoms with E-state index in [4.69, 9.17) is 0 Å². The predicted octanol–water partition coefficient (Wildman–Crippen LogP) is 3.66. The maximum Gasteiger partial charge on any atom is 0.325 e. The molecule has 0 spiro atoms. The molecule has 1 fully saturated rings. The van der Waals surface area contributed by atoms with Crippen molar-refractivity contribution in [3.63, 3.8) is 0 Å². The lowest BCUT2D eigenvalue weighted by atomic mass is 9.91. The minimum atomic E-state index is -1.15. The van der Waals surface area contributed by atoms with Crippen molar-refractivity contribution >= 4 is 29.1 Å². The molecule has 2 heterocycles. The van der Waals surface area contributed by atoms with E-state index in [2.05, 4.69) is 12.2 Å². The molecule has 1 unspecified atom stereocenters. The van der Waals surface area contributed by atoms with Gasteiger partial charge in [-0.1, -0.05) is 37.6 Å². The molecule has 136 valence electrons. The van der Waals surface area contributed by atoms with Gasteiger partial charge in [0.1, 0.15) is 5.54 Å². The number of hydrogen-bond acceptors (Lipinski definition) is 4. The summed E-state index contributed by atoms with van der Waals surface area (Å²) >= 11 is 1.36. The summed E-state index contributed by atoms with van der Waals surface area (Å²) in [5.74, 6) is -0.624. The van der Waals surface area contributed by atoms with E-state index >= 15 is 0 Å². The zero-order chi connectivity index (χ0) is 18.9. The van der Waals surface area contributed by atoms with Crippen LogP contribution in [0.1, 0.15) is 45.9 Å². The van der Waals surface area contributed by atoms with Crippen LogP contribution in [0.15, 0.2) is 36.4 Å². The fourth-order valence-electron chi connectivity index (χ4n) is 3.14. The Kier molecular flexibility index (Phi) is 4.96. The molecule has 1 atom stereocenters. The third-order valence-corrected chi connectivity index (χ3v) is 5.70. The highest BCUT2D eigenvalue weighted by Crippen LogP contribution is 2.29. The Labute approximate surface area is 157 Å². The summed E-state index contributed by atoms with van der Waals surface area (Å²) in [5.41, 5.74) is 0.766. The lowest BCUT2D eigenvalue weighted by molar-refractivity contribution is -0.130. The average molecular weight is 370 g/mol. The monoisotopic (exact) mass is 370 g/mol. The summed E-state index contributed by atoms with van der Waals surface area (Å²) in [4.78, 5) is 40.3. The summed E-state index contributed by atoms with van der Waals surface area (Å²) in [5, 5.41) is 2.75. The van der Waals surface area contributed by atoms with Crippen LogP contribution in [0.2, 0.25) is 0 Å². The number of ketones is 1. The molecule has 1 N–H and O–H groups in total. The Balaban J connectivity index is 1.80. The number of carbonyl (C=O) groups excluding carboxylic acids is 3. The second-order valence-corrected chi connectivity index (χ2v) is 8.01. The van der Waals surface area contributed by atoms with Gasteiger partial charge in [-0.3, -0.25) is 14.5 Å². The Morgan fingerprint density at radius 2 is 1.85 bits per heavy atom. The van der Waals surface area contributed by atoms with E-state index in [1.807, 2.05) is 37.3 Å². The van der Waals surface area contributed by atoms with Gasteiger partial charge >= 0.3 is 6.03 Å². The minimum Gasteiger partial charge on any atom is -0.319 e. The molecule has 3 rings (SSSR count). The molecule has 2 aromatic rings. The van der Waals surface area contributed by atoms with Gasteiger partial charge in [-0.15, -0.1) is 11.3 Å². The number of carbonyl (C=O) groups is 3.